The zero-order valence-electron chi connectivity index (χ0n) is 23.1. The number of rotatable bonds is 17. The summed E-state index contributed by atoms with van der Waals surface area (Å²) in [6, 6.07) is 0. The molecule has 34 heavy (non-hydrogen) atoms. The number of likely N-dealkylation sites (N-methyl/N-ethyl adjacent to an activating group) is 2. The number of nitrogens with one attached hydrogen (secondary N) is 1. The third-order valence-electron chi connectivity index (χ3n) is 6.51. The van der Waals surface area contributed by atoms with Gasteiger partial charge >= 0.3 is 29.6 Å². The molecule has 194 valence electrons. The molecule has 0 saturated heterocycles. The zero-order valence-corrected chi connectivity index (χ0v) is 25.1. The van der Waals surface area contributed by atoms with Crippen LogP contribution in [0, 0.1) is 17.3 Å². The summed E-state index contributed by atoms with van der Waals surface area (Å²) < 4.78 is 1.33. The first-order valence-corrected chi connectivity index (χ1v) is 12.0. The van der Waals surface area contributed by atoms with Crippen LogP contribution in [0.3, 0.4) is 0 Å². The molecular formula is C24H49N4NaO5+2. The van der Waals surface area contributed by atoms with Gasteiger partial charge in [0, 0.05) is 36.2 Å². The minimum Gasteiger partial charge on any atom is -0.550 e. The minimum atomic E-state index is -1.26. The number of carbonyl (C=O) groups is 3. The van der Waals surface area contributed by atoms with Crippen molar-refractivity contribution in [3.8, 4) is 0 Å². The summed E-state index contributed by atoms with van der Waals surface area (Å²) in [7, 11) is 10.3. The van der Waals surface area contributed by atoms with Gasteiger partial charge < -0.3 is 35.0 Å². The number of carboxylic acid groups (broad SMARTS) is 1. The summed E-state index contributed by atoms with van der Waals surface area (Å²) in [5, 5.41) is 25.0. The van der Waals surface area contributed by atoms with E-state index in [9.17, 15) is 24.6 Å². The number of hydrogen-bond donors (Lipinski definition) is 3. The number of hydrogen-bond acceptors (Lipinski definition) is 5. The Morgan fingerprint density at radius 3 is 2.03 bits per heavy atom. The molecule has 0 rings (SSSR count). The third-order valence-corrected chi connectivity index (χ3v) is 6.51. The number of amides is 2. The molecule has 0 bridgehead atoms. The summed E-state index contributed by atoms with van der Waals surface area (Å²) in [6.45, 7) is 7.95. The molecule has 0 aromatic heterocycles. The van der Waals surface area contributed by atoms with E-state index in [1.54, 1.807) is 13.8 Å². The number of aliphatic hydroxyl groups excluding tert-OH is 1. The van der Waals surface area contributed by atoms with Crippen LogP contribution >= 0.6 is 0 Å². The molecule has 0 aliphatic heterocycles. The largest absolute Gasteiger partial charge is 1.00 e. The van der Waals surface area contributed by atoms with E-state index < -0.39 is 35.2 Å². The Hall–Kier alpha value is -0.710. The fourth-order valence-electron chi connectivity index (χ4n) is 4.31. The van der Waals surface area contributed by atoms with Gasteiger partial charge in [-0.3, -0.25) is 9.59 Å². The second kappa shape index (κ2) is 15.4. The number of primary amides is 1. The molecule has 4 atom stereocenters. The van der Waals surface area contributed by atoms with E-state index in [2.05, 4.69) is 19.4 Å². The van der Waals surface area contributed by atoms with Gasteiger partial charge in [-0.15, -0.1) is 0 Å². The van der Waals surface area contributed by atoms with E-state index in [-0.39, 0.29) is 48.3 Å². The molecule has 0 spiro atoms. The monoisotopic (exact) mass is 496 g/mol. The van der Waals surface area contributed by atoms with Crippen molar-refractivity contribution in [2.24, 2.45) is 23.0 Å². The first kappa shape index (κ1) is 35.5. The van der Waals surface area contributed by atoms with Crippen molar-refractivity contribution in [3.63, 3.8) is 0 Å². The Bertz CT molecular complexity index is 654. The fraction of sp³-hybridized carbons (Fsp3) is 0.875. The molecule has 0 aliphatic rings. The summed E-state index contributed by atoms with van der Waals surface area (Å²) >= 11 is 0. The average Bonchev–Trinajstić information content (AvgIpc) is 2.65. The first-order valence-electron chi connectivity index (χ1n) is 12.0. The molecular weight excluding hydrogens is 447 g/mol. The molecule has 0 aromatic rings. The van der Waals surface area contributed by atoms with E-state index in [1.165, 1.54) is 0 Å². The van der Waals surface area contributed by atoms with Gasteiger partial charge in [-0.1, -0.05) is 20.8 Å². The van der Waals surface area contributed by atoms with Gasteiger partial charge in [0.2, 0.25) is 11.8 Å². The molecule has 0 radical (unpaired) electrons. The normalized spacial score (nSPS) is 16.5. The van der Waals surface area contributed by atoms with Crippen molar-refractivity contribution in [1.29, 1.82) is 0 Å². The van der Waals surface area contributed by atoms with Crippen LogP contribution in [0.1, 0.15) is 52.9 Å². The average molecular weight is 497 g/mol. The maximum Gasteiger partial charge on any atom is 1.00 e. The van der Waals surface area contributed by atoms with Crippen molar-refractivity contribution >= 4 is 17.8 Å². The Morgan fingerprint density at radius 2 is 1.62 bits per heavy atom. The van der Waals surface area contributed by atoms with Crippen molar-refractivity contribution in [3.05, 3.63) is 0 Å². The predicted octanol–water partition coefficient (Wildman–Crippen LogP) is -3.29. The SMILES string of the molecule is CCC(CC(CC(C)(CC)C(=O)NCCC[N+](C)(C)CC(O)C[N+](C)(C)C)C(=O)[O-])C(N)=O.[Na+]. The van der Waals surface area contributed by atoms with Gasteiger partial charge in [0.05, 0.1) is 41.8 Å². The number of aliphatic hydroxyl groups is 1. The second-order valence-electron chi connectivity index (χ2n) is 11.5. The van der Waals surface area contributed by atoms with E-state index in [4.69, 9.17) is 5.73 Å². The van der Waals surface area contributed by atoms with Crippen LogP contribution in [0.25, 0.3) is 0 Å². The van der Waals surface area contributed by atoms with E-state index >= 15 is 0 Å². The van der Waals surface area contributed by atoms with Crippen molar-refractivity contribution in [2.75, 3.05) is 61.4 Å². The minimum absolute atomic E-state index is 0. The summed E-state index contributed by atoms with van der Waals surface area (Å²) in [4.78, 5) is 36.2. The maximum atomic E-state index is 12.9. The Morgan fingerprint density at radius 1 is 1.06 bits per heavy atom. The molecule has 0 heterocycles. The van der Waals surface area contributed by atoms with Gasteiger partial charge in [0.1, 0.15) is 13.1 Å². The molecule has 10 heteroatoms. The van der Waals surface area contributed by atoms with Crippen LogP contribution in [0.5, 0.6) is 0 Å². The van der Waals surface area contributed by atoms with Gasteiger partial charge in [-0.05, 0) is 25.7 Å². The molecule has 0 saturated carbocycles. The molecule has 0 fully saturated rings. The zero-order chi connectivity index (χ0) is 26.0. The van der Waals surface area contributed by atoms with Crippen molar-refractivity contribution in [2.45, 2.75) is 59.0 Å². The standard InChI is InChI=1S/C24H48N4O5.Na/c1-9-18(21(25)30)14-19(22(31)32)15-24(3,10-2)23(33)26-12-11-13-28(7,8)17-20(29)16-27(4,5)6;/h18-20,29H,9-17H2,1-8H3,(H2-2,25,26,30,31,32,33);/q;+1/p+1. The van der Waals surface area contributed by atoms with Crippen LogP contribution in [0.4, 0.5) is 0 Å². The summed E-state index contributed by atoms with van der Waals surface area (Å²) in [6.07, 6.45) is 1.42. The Balaban J connectivity index is 0. The van der Waals surface area contributed by atoms with E-state index in [0.717, 1.165) is 13.0 Å². The van der Waals surface area contributed by atoms with Gasteiger partial charge in [-0.2, -0.15) is 0 Å². The predicted molar refractivity (Wildman–Crippen MR) is 127 cm³/mol. The molecule has 4 N–H and O–H groups in total. The summed E-state index contributed by atoms with van der Waals surface area (Å²) in [5.41, 5.74) is 4.50. The molecule has 9 nitrogen and oxygen atoms in total. The number of nitrogens with two attached hydrogens (primary N) is 1. The van der Waals surface area contributed by atoms with Crippen molar-refractivity contribution < 1.29 is 63.1 Å². The molecule has 0 aromatic carbocycles. The van der Waals surface area contributed by atoms with Crippen LogP contribution in [0.2, 0.25) is 0 Å². The van der Waals surface area contributed by atoms with Crippen LogP contribution in [0.15, 0.2) is 0 Å². The molecule has 0 aliphatic carbocycles. The number of carbonyl (C=O) groups excluding carboxylic acids is 3. The summed E-state index contributed by atoms with van der Waals surface area (Å²) in [5.74, 6) is -3.45. The van der Waals surface area contributed by atoms with Crippen LogP contribution in [-0.2, 0) is 14.4 Å². The molecule has 4 unspecified atom stereocenters. The van der Waals surface area contributed by atoms with E-state index in [0.29, 0.717) is 41.4 Å². The van der Waals surface area contributed by atoms with Crippen LogP contribution in [-0.4, -0.2) is 99.4 Å². The maximum absolute atomic E-state index is 12.9. The van der Waals surface area contributed by atoms with Gasteiger partial charge in [-0.25, -0.2) is 0 Å². The quantitative estimate of drug-likeness (QED) is 0.110. The second-order valence-corrected chi connectivity index (χ2v) is 11.5. The van der Waals surface area contributed by atoms with Gasteiger partial charge in [0.25, 0.3) is 0 Å². The number of carboxylic acids is 1. The van der Waals surface area contributed by atoms with Crippen molar-refractivity contribution in [1.82, 2.24) is 5.32 Å². The number of quaternary nitrogens is 2. The topological polar surface area (TPSA) is 133 Å². The fourth-order valence-corrected chi connectivity index (χ4v) is 4.31. The number of aliphatic carboxylic acids is 1. The molecule has 2 amide bonds. The Labute approximate surface area is 228 Å². The van der Waals surface area contributed by atoms with Crippen LogP contribution < -0.4 is 45.7 Å². The van der Waals surface area contributed by atoms with Gasteiger partial charge in [0.15, 0.2) is 6.10 Å². The van der Waals surface area contributed by atoms with E-state index in [1.807, 2.05) is 28.1 Å². The number of nitrogens with zero attached hydrogens (tertiary/aromatic N) is 2. The smallest absolute Gasteiger partial charge is 0.550 e. The Kier molecular flexibility index (Phi) is 16.1. The first-order chi connectivity index (χ1) is 15.0. The third kappa shape index (κ3) is 14.0.